The summed E-state index contributed by atoms with van der Waals surface area (Å²) in [6, 6.07) is 5.12. The third-order valence-corrected chi connectivity index (χ3v) is 5.21. The molecule has 0 unspecified atom stereocenters. The van der Waals surface area contributed by atoms with Crippen LogP contribution in [0.25, 0.3) is 10.7 Å². The zero-order chi connectivity index (χ0) is 20.3. The lowest BCUT2D eigenvalue weighted by Gasteiger charge is -2.12. The monoisotopic (exact) mass is 408 g/mol. The van der Waals surface area contributed by atoms with Crippen LogP contribution in [0.5, 0.6) is 5.75 Å². The van der Waals surface area contributed by atoms with Gasteiger partial charge in [0.1, 0.15) is 16.5 Å². The minimum atomic E-state index is -4.48. The standard InChI is InChI=1S/C19H19F3N4OS/c1-4-5-16-11(2)24-17(28-16)15-6-7-23-18(26-15)25-13-8-12(19(20,21)22)9-14(10-13)27-3/h6-10H,4-5H2,1-3H3,(H,23,25,26). The van der Waals surface area contributed by atoms with Gasteiger partial charge >= 0.3 is 6.18 Å². The minimum absolute atomic E-state index is 0.0910. The van der Waals surface area contributed by atoms with Crippen LogP contribution in [0.4, 0.5) is 24.8 Å². The number of rotatable bonds is 6. The predicted molar refractivity (Wildman–Crippen MR) is 103 cm³/mol. The number of aromatic nitrogens is 3. The van der Waals surface area contributed by atoms with Crippen LogP contribution in [-0.2, 0) is 12.6 Å². The van der Waals surface area contributed by atoms with Crippen LogP contribution in [0.1, 0.15) is 29.5 Å². The van der Waals surface area contributed by atoms with Gasteiger partial charge in [0.2, 0.25) is 5.95 Å². The normalized spacial score (nSPS) is 11.5. The fourth-order valence-corrected chi connectivity index (χ4v) is 3.75. The number of anilines is 2. The molecule has 0 fully saturated rings. The highest BCUT2D eigenvalue weighted by molar-refractivity contribution is 7.15. The Hall–Kier alpha value is -2.68. The number of thiazole rings is 1. The number of benzene rings is 1. The van der Waals surface area contributed by atoms with Crippen LogP contribution in [0.2, 0.25) is 0 Å². The van der Waals surface area contributed by atoms with E-state index in [4.69, 9.17) is 4.74 Å². The van der Waals surface area contributed by atoms with E-state index < -0.39 is 11.7 Å². The van der Waals surface area contributed by atoms with Gasteiger partial charge in [-0.05, 0) is 31.5 Å². The van der Waals surface area contributed by atoms with Crippen molar-refractivity contribution in [2.24, 2.45) is 0 Å². The molecule has 0 aliphatic heterocycles. The van der Waals surface area contributed by atoms with E-state index in [-0.39, 0.29) is 17.4 Å². The molecule has 0 saturated carbocycles. The Morgan fingerprint density at radius 1 is 1.18 bits per heavy atom. The number of methoxy groups -OCH3 is 1. The van der Waals surface area contributed by atoms with Gasteiger partial charge in [0.15, 0.2) is 0 Å². The first-order valence-electron chi connectivity index (χ1n) is 8.63. The van der Waals surface area contributed by atoms with Crippen LogP contribution in [-0.4, -0.2) is 22.1 Å². The Morgan fingerprint density at radius 3 is 2.64 bits per heavy atom. The van der Waals surface area contributed by atoms with Crippen molar-refractivity contribution in [1.29, 1.82) is 0 Å². The SMILES string of the molecule is CCCc1sc(-c2ccnc(Nc3cc(OC)cc(C(F)(F)F)c3)n2)nc1C. The largest absolute Gasteiger partial charge is 0.497 e. The zero-order valence-electron chi connectivity index (χ0n) is 15.6. The number of alkyl halides is 3. The maximum atomic E-state index is 13.1. The average Bonchev–Trinajstić information content (AvgIpc) is 3.02. The van der Waals surface area contributed by atoms with Crippen LogP contribution in [0, 0.1) is 6.92 Å². The molecule has 9 heteroatoms. The molecule has 5 nitrogen and oxygen atoms in total. The van der Waals surface area contributed by atoms with E-state index in [1.807, 2.05) is 6.92 Å². The second-order valence-corrected chi connectivity index (χ2v) is 7.20. The highest BCUT2D eigenvalue weighted by atomic mass is 32.1. The number of nitrogens with one attached hydrogen (secondary N) is 1. The summed E-state index contributed by atoms with van der Waals surface area (Å²) in [4.78, 5) is 14.3. The molecule has 3 aromatic rings. The molecule has 148 valence electrons. The van der Waals surface area contributed by atoms with Crippen LogP contribution in [0.3, 0.4) is 0 Å². The molecule has 3 rings (SSSR count). The van der Waals surface area contributed by atoms with Gasteiger partial charge in [-0.1, -0.05) is 13.3 Å². The van der Waals surface area contributed by atoms with E-state index >= 15 is 0 Å². The van der Waals surface area contributed by atoms with Crippen molar-refractivity contribution in [1.82, 2.24) is 15.0 Å². The minimum Gasteiger partial charge on any atom is -0.497 e. The van der Waals surface area contributed by atoms with Gasteiger partial charge in [-0.2, -0.15) is 13.2 Å². The molecule has 0 amide bonds. The van der Waals surface area contributed by atoms with Gasteiger partial charge in [0, 0.05) is 22.8 Å². The Kier molecular flexibility index (Phi) is 5.83. The van der Waals surface area contributed by atoms with Crippen molar-refractivity contribution < 1.29 is 17.9 Å². The van der Waals surface area contributed by atoms with Crippen molar-refractivity contribution in [3.63, 3.8) is 0 Å². The first-order chi connectivity index (χ1) is 13.3. The van der Waals surface area contributed by atoms with Crippen LogP contribution < -0.4 is 10.1 Å². The second kappa shape index (κ2) is 8.14. The third kappa shape index (κ3) is 4.59. The summed E-state index contributed by atoms with van der Waals surface area (Å²) in [6.07, 6.45) is -0.965. The van der Waals surface area contributed by atoms with Gasteiger partial charge in [-0.25, -0.2) is 15.0 Å². The predicted octanol–water partition coefficient (Wildman–Crippen LogP) is 5.63. The number of hydrogen-bond acceptors (Lipinski definition) is 6. The van der Waals surface area contributed by atoms with E-state index in [1.165, 1.54) is 18.1 Å². The average molecular weight is 408 g/mol. The second-order valence-electron chi connectivity index (χ2n) is 6.12. The van der Waals surface area contributed by atoms with Crippen molar-refractivity contribution in [3.05, 3.63) is 46.6 Å². The molecule has 0 aliphatic rings. The van der Waals surface area contributed by atoms with E-state index in [0.717, 1.165) is 35.7 Å². The first-order valence-corrected chi connectivity index (χ1v) is 9.45. The molecule has 0 bridgehead atoms. The summed E-state index contributed by atoms with van der Waals surface area (Å²) in [5, 5.41) is 3.58. The van der Waals surface area contributed by atoms with Gasteiger partial charge < -0.3 is 10.1 Å². The van der Waals surface area contributed by atoms with Crippen molar-refractivity contribution in [2.75, 3.05) is 12.4 Å². The lowest BCUT2D eigenvalue weighted by atomic mass is 10.2. The summed E-state index contributed by atoms with van der Waals surface area (Å²) in [5.74, 6) is 0.275. The molecule has 0 atom stereocenters. The Labute approximate surface area is 164 Å². The maximum Gasteiger partial charge on any atom is 0.416 e. The van der Waals surface area contributed by atoms with E-state index in [9.17, 15) is 13.2 Å². The van der Waals surface area contributed by atoms with Gasteiger partial charge in [-0.15, -0.1) is 11.3 Å². The van der Waals surface area contributed by atoms with Crippen LogP contribution in [0.15, 0.2) is 30.5 Å². The molecule has 0 spiro atoms. The summed E-state index contributed by atoms with van der Waals surface area (Å²) in [5.41, 5.74) is 0.959. The zero-order valence-corrected chi connectivity index (χ0v) is 16.4. The van der Waals surface area contributed by atoms with Crippen molar-refractivity contribution in [3.8, 4) is 16.5 Å². The summed E-state index contributed by atoms with van der Waals surface area (Å²) >= 11 is 1.57. The molecular weight excluding hydrogens is 389 g/mol. The lowest BCUT2D eigenvalue weighted by molar-refractivity contribution is -0.137. The number of hydrogen-bond donors (Lipinski definition) is 1. The number of nitrogens with zero attached hydrogens (tertiary/aromatic N) is 3. The summed E-state index contributed by atoms with van der Waals surface area (Å²) in [7, 11) is 1.31. The van der Waals surface area contributed by atoms with E-state index in [0.29, 0.717) is 5.69 Å². The lowest BCUT2D eigenvalue weighted by Crippen LogP contribution is -2.07. The van der Waals surface area contributed by atoms with E-state index in [1.54, 1.807) is 23.6 Å². The molecule has 2 heterocycles. The molecule has 2 aromatic heterocycles. The molecule has 0 radical (unpaired) electrons. The maximum absolute atomic E-state index is 13.1. The molecular formula is C19H19F3N4OS. The number of ether oxygens (including phenoxy) is 1. The molecule has 28 heavy (non-hydrogen) atoms. The summed E-state index contributed by atoms with van der Waals surface area (Å²) < 4.78 is 44.2. The Bertz CT molecular complexity index is 972. The highest BCUT2D eigenvalue weighted by Gasteiger charge is 2.31. The quantitative estimate of drug-likeness (QED) is 0.573. The molecule has 1 N–H and O–H groups in total. The van der Waals surface area contributed by atoms with E-state index in [2.05, 4.69) is 27.2 Å². The smallest absolute Gasteiger partial charge is 0.416 e. The topological polar surface area (TPSA) is 59.9 Å². The number of aryl methyl sites for hydroxylation is 2. The van der Waals surface area contributed by atoms with Gasteiger partial charge in [-0.3, -0.25) is 0 Å². The highest BCUT2D eigenvalue weighted by Crippen LogP contribution is 2.35. The fourth-order valence-electron chi connectivity index (χ4n) is 2.62. The third-order valence-electron chi connectivity index (χ3n) is 3.97. The fraction of sp³-hybridized carbons (Fsp3) is 0.316. The van der Waals surface area contributed by atoms with Crippen LogP contribution >= 0.6 is 11.3 Å². The molecule has 0 saturated heterocycles. The Balaban J connectivity index is 1.90. The first kappa shape index (κ1) is 20.1. The summed E-state index contributed by atoms with van der Waals surface area (Å²) in [6.45, 7) is 4.06. The van der Waals surface area contributed by atoms with Gasteiger partial charge in [0.05, 0.1) is 18.4 Å². The van der Waals surface area contributed by atoms with Crippen molar-refractivity contribution >= 4 is 23.0 Å². The van der Waals surface area contributed by atoms with Gasteiger partial charge in [0.25, 0.3) is 0 Å². The van der Waals surface area contributed by atoms with Crippen molar-refractivity contribution in [2.45, 2.75) is 32.9 Å². The number of halogens is 3. The Morgan fingerprint density at radius 2 is 1.96 bits per heavy atom. The molecule has 1 aromatic carbocycles. The molecule has 0 aliphatic carbocycles.